The third kappa shape index (κ3) is 4.01. The van der Waals surface area contributed by atoms with Crippen LogP contribution in [0.2, 0.25) is 0 Å². The van der Waals surface area contributed by atoms with Crippen molar-refractivity contribution in [1.29, 1.82) is 0 Å². The number of carbonyl (C=O) groups excluding carboxylic acids is 1. The second-order valence-corrected chi connectivity index (χ2v) is 11.6. The van der Waals surface area contributed by atoms with E-state index in [0.717, 1.165) is 4.68 Å². The number of hydrogen-bond donors (Lipinski definition) is 3. The Bertz CT molecular complexity index is 2130. The highest BCUT2D eigenvalue weighted by Gasteiger charge is 2.43. The summed E-state index contributed by atoms with van der Waals surface area (Å²) >= 11 is 0. The minimum Gasteiger partial charge on any atom is -0.506 e. The van der Waals surface area contributed by atoms with Gasteiger partial charge in [0.15, 0.2) is 23.9 Å². The molecule has 4 unspecified atom stereocenters. The first-order valence-electron chi connectivity index (χ1n) is 14.3. The molecule has 2 aliphatic carbocycles. The molecule has 3 heterocycles. The summed E-state index contributed by atoms with van der Waals surface area (Å²) in [6.07, 6.45) is -3.20. The van der Waals surface area contributed by atoms with Crippen LogP contribution in [-0.2, 0) is 25.4 Å². The monoisotopic (exact) mass is 618 g/mol. The standard InChI is InChI=1S/C32H30N2O11/c1-11-6-14-7-15-8-18-21-23(19(15)25(37)20(14)32(40)34(11)33-12(2)13(3)35)27(39)24-26(38)22-17(41-4)9-16(36)28(42-5)30(22)45-31(24)29(21)44-10-43-18/h6-7,16-18,28,36-37,39H,8-10H2,1-5H3/b33-12+. The van der Waals surface area contributed by atoms with Gasteiger partial charge in [0.05, 0.1) is 29.3 Å². The molecule has 13 nitrogen and oxygen atoms in total. The number of aromatic nitrogens is 1. The molecular weight excluding hydrogens is 588 g/mol. The third-order valence-electron chi connectivity index (χ3n) is 9.02. The number of phenols is 2. The van der Waals surface area contributed by atoms with Gasteiger partial charge in [-0.3, -0.25) is 14.4 Å². The van der Waals surface area contributed by atoms with Crippen LogP contribution in [0.1, 0.15) is 66.7 Å². The molecule has 3 aliphatic rings. The van der Waals surface area contributed by atoms with Gasteiger partial charge in [-0.15, -0.1) is 0 Å². The maximum Gasteiger partial charge on any atom is 0.282 e. The number of Topliss-reactive ketones (excluding diaryl/α,β-unsaturated/α-hetero) is 1. The van der Waals surface area contributed by atoms with E-state index in [1.807, 2.05) is 0 Å². The van der Waals surface area contributed by atoms with E-state index in [9.17, 15) is 29.7 Å². The Morgan fingerprint density at radius 2 is 1.78 bits per heavy atom. The highest BCUT2D eigenvalue weighted by atomic mass is 16.7. The van der Waals surface area contributed by atoms with Crippen molar-refractivity contribution in [3.8, 4) is 28.4 Å². The van der Waals surface area contributed by atoms with E-state index in [0.29, 0.717) is 22.2 Å². The number of carbonyl (C=O) groups is 1. The minimum atomic E-state index is -1.03. The summed E-state index contributed by atoms with van der Waals surface area (Å²) < 4.78 is 30.2. The second kappa shape index (κ2) is 10.2. The molecule has 13 heteroatoms. The van der Waals surface area contributed by atoms with E-state index in [-0.39, 0.29) is 75.7 Å². The lowest BCUT2D eigenvalue weighted by Gasteiger charge is -2.36. The summed E-state index contributed by atoms with van der Waals surface area (Å²) in [6, 6.07) is 3.41. The number of fused-ring (bicyclic) bond motifs is 6. The predicted octanol–water partition coefficient (Wildman–Crippen LogP) is 3.41. The molecule has 0 fully saturated rings. The highest BCUT2D eigenvalue weighted by molar-refractivity contribution is 6.37. The predicted molar refractivity (Wildman–Crippen MR) is 160 cm³/mol. The van der Waals surface area contributed by atoms with Crippen LogP contribution in [0.15, 0.2) is 31.2 Å². The molecule has 2 aromatic carbocycles. The largest absolute Gasteiger partial charge is 0.506 e. The van der Waals surface area contributed by atoms with Gasteiger partial charge in [-0.2, -0.15) is 5.10 Å². The van der Waals surface area contributed by atoms with Crippen molar-refractivity contribution in [3.05, 3.63) is 60.9 Å². The number of phenolic OH excluding ortho intramolecular Hbond substituents is 2. The molecule has 2 aromatic heterocycles. The number of ketones is 1. The molecule has 4 aromatic rings. The number of benzene rings is 2. The molecule has 0 saturated carbocycles. The SMILES string of the molecule is COC1CC(O)C(OC)c2oc3c4c5c(c(O)c3c(=O)c21)-c1c(cc2cc(C)n(/N=C(\C)C(C)=O)c(=O)c2c1O)CC5OCO4. The Hall–Kier alpha value is -4.56. The quantitative estimate of drug-likeness (QED) is 0.285. The van der Waals surface area contributed by atoms with Gasteiger partial charge >= 0.3 is 0 Å². The van der Waals surface area contributed by atoms with Crippen molar-refractivity contribution in [3.63, 3.8) is 0 Å². The molecule has 0 bridgehead atoms. The fraction of sp³-hybridized carbons (Fsp3) is 0.375. The van der Waals surface area contributed by atoms with Crippen LogP contribution < -0.4 is 15.7 Å². The van der Waals surface area contributed by atoms with Crippen molar-refractivity contribution in [2.45, 2.75) is 58.0 Å². The van der Waals surface area contributed by atoms with E-state index in [1.165, 1.54) is 28.1 Å². The maximum atomic E-state index is 14.2. The number of aliphatic hydroxyl groups is 1. The number of aliphatic hydroxyl groups excluding tert-OH is 1. The first-order chi connectivity index (χ1) is 21.5. The summed E-state index contributed by atoms with van der Waals surface area (Å²) in [5, 5.41) is 38.7. The van der Waals surface area contributed by atoms with Crippen LogP contribution in [0.3, 0.4) is 0 Å². The first kappa shape index (κ1) is 29.2. The Morgan fingerprint density at radius 1 is 1.04 bits per heavy atom. The molecule has 0 radical (unpaired) electrons. The van der Waals surface area contributed by atoms with Crippen LogP contribution in [0.25, 0.3) is 32.9 Å². The van der Waals surface area contributed by atoms with Crippen LogP contribution in [0.4, 0.5) is 0 Å². The van der Waals surface area contributed by atoms with E-state index >= 15 is 0 Å². The smallest absolute Gasteiger partial charge is 0.282 e. The number of aryl methyl sites for hydroxylation is 1. The van der Waals surface area contributed by atoms with Crippen LogP contribution >= 0.6 is 0 Å². The third-order valence-corrected chi connectivity index (χ3v) is 9.02. The normalized spacial score (nSPS) is 22.1. The van der Waals surface area contributed by atoms with Crippen molar-refractivity contribution in [2.75, 3.05) is 21.0 Å². The summed E-state index contributed by atoms with van der Waals surface area (Å²) in [6.45, 7) is 4.30. The Kier molecular flexibility index (Phi) is 6.64. The van der Waals surface area contributed by atoms with Crippen molar-refractivity contribution < 1.29 is 43.5 Å². The van der Waals surface area contributed by atoms with Crippen molar-refractivity contribution in [2.24, 2.45) is 5.10 Å². The number of ether oxygens (including phenoxy) is 4. The second-order valence-electron chi connectivity index (χ2n) is 11.6. The maximum absolute atomic E-state index is 14.2. The Labute approximate surface area is 254 Å². The fourth-order valence-corrected chi connectivity index (χ4v) is 6.80. The van der Waals surface area contributed by atoms with Gasteiger partial charge in [0, 0.05) is 56.4 Å². The molecular formula is C32H30N2O11. The summed E-state index contributed by atoms with van der Waals surface area (Å²) in [4.78, 5) is 39.8. The van der Waals surface area contributed by atoms with Gasteiger partial charge in [0.25, 0.3) is 5.56 Å². The molecule has 7 rings (SSSR count). The zero-order valence-corrected chi connectivity index (χ0v) is 25.1. The summed E-state index contributed by atoms with van der Waals surface area (Å²) in [7, 11) is 2.78. The Balaban J connectivity index is 1.59. The van der Waals surface area contributed by atoms with Gasteiger partial charge in [0.1, 0.15) is 34.5 Å². The Morgan fingerprint density at radius 3 is 2.47 bits per heavy atom. The number of hydrogen-bond acceptors (Lipinski definition) is 12. The number of aromatic hydroxyl groups is 2. The van der Waals surface area contributed by atoms with E-state index in [4.69, 9.17) is 23.4 Å². The first-order valence-corrected chi connectivity index (χ1v) is 14.3. The van der Waals surface area contributed by atoms with E-state index in [1.54, 1.807) is 19.1 Å². The van der Waals surface area contributed by atoms with Gasteiger partial charge in [-0.05, 0) is 36.9 Å². The zero-order valence-electron chi connectivity index (χ0n) is 25.1. The number of rotatable bonds is 4. The van der Waals surface area contributed by atoms with Gasteiger partial charge in [-0.25, -0.2) is 4.68 Å². The van der Waals surface area contributed by atoms with Crippen molar-refractivity contribution >= 4 is 33.2 Å². The summed E-state index contributed by atoms with van der Waals surface area (Å²) in [5.41, 5.74) is 0.383. The van der Waals surface area contributed by atoms with E-state index < -0.39 is 46.9 Å². The molecule has 0 amide bonds. The van der Waals surface area contributed by atoms with Crippen molar-refractivity contribution in [1.82, 2.24) is 4.68 Å². The topological polar surface area (TPSA) is 179 Å². The molecule has 1 aliphatic heterocycles. The zero-order chi connectivity index (χ0) is 32.1. The molecule has 234 valence electrons. The van der Waals surface area contributed by atoms with Crippen LogP contribution in [0, 0.1) is 6.92 Å². The van der Waals surface area contributed by atoms with Gasteiger partial charge < -0.3 is 38.7 Å². The summed E-state index contributed by atoms with van der Waals surface area (Å²) in [5.74, 6) is -1.06. The van der Waals surface area contributed by atoms with Gasteiger partial charge in [-0.1, -0.05) is 0 Å². The average Bonchev–Trinajstić information content (AvgIpc) is 3.00. The number of nitrogens with zero attached hydrogens (tertiary/aromatic N) is 2. The van der Waals surface area contributed by atoms with E-state index in [2.05, 4.69) is 5.10 Å². The van der Waals surface area contributed by atoms with Gasteiger partial charge in [0.2, 0.25) is 5.43 Å². The lowest BCUT2D eigenvalue weighted by molar-refractivity contribution is -0.111. The molecule has 3 N–H and O–H groups in total. The molecule has 0 spiro atoms. The molecule has 45 heavy (non-hydrogen) atoms. The van der Waals surface area contributed by atoms with Crippen LogP contribution in [-0.4, -0.2) is 58.6 Å². The fourth-order valence-electron chi connectivity index (χ4n) is 6.80. The molecule has 4 atom stereocenters. The average molecular weight is 619 g/mol. The number of methoxy groups -OCH3 is 2. The minimum absolute atomic E-state index is 0.0517. The lowest BCUT2D eigenvalue weighted by Crippen LogP contribution is -2.34. The van der Waals surface area contributed by atoms with Crippen LogP contribution in [0.5, 0.6) is 17.2 Å². The highest BCUT2D eigenvalue weighted by Crippen LogP contribution is 2.57. The lowest BCUT2D eigenvalue weighted by atomic mass is 9.79. The number of pyridine rings is 1. The molecule has 0 saturated heterocycles.